The zero-order chi connectivity index (χ0) is 21.9. The Morgan fingerprint density at radius 3 is 1.87 bits per heavy atom. The van der Waals surface area contributed by atoms with Gasteiger partial charge in [0.1, 0.15) is 0 Å². The van der Waals surface area contributed by atoms with E-state index in [0.717, 1.165) is 38.4 Å². The van der Waals surface area contributed by atoms with Crippen LogP contribution in [-0.2, 0) is 20.9 Å². The fraction of sp³-hybridized carbons (Fsp3) is 0.318. The Morgan fingerprint density at radius 2 is 1.37 bits per heavy atom. The molecule has 3 rings (SSSR count). The minimum atomic E-state index is -1.82. The van der Waals surface area contributed by atoms with Gasteiger partial charge in [-0.1, -0.05) is 48.5 Å². The molecule has 1 saturated heterocycles. The first kappa shape index (κ1) is 23.1. The van der Waals surface area contributed by atoms with Gasteiger partial charge in [-0.15, -0.1) is 0 Å². The van der Waals surface area contributed by atoms with E-state index >= 15 is 0 Å². The molecule has 1 unspecified atom stereocenters. The van der Waals surface area contributed by atoms with Crippen LogP contribution in [0.5, 0.6) is 0 Å². The molecule has 8 nitrogen and oxygen atoms in total. The summed E-state index contributed by atoms with van der Waals surface area (Å²) in [7, 11) is 0. The standard InChI is InChI=1S/C20H25N3O.C2H2O4/c1-17(20(24)21-19-10-6-3-7-11-19)23-14-12-22(13-15-23)16-18-8-4-2-5-9-18;3-1(4)2(5)6/h2-11,17H,12-16H2,1H3,(H,21,24);(H,3,4)(H,5,6). The number of para-hydroxylation sites is 1. The highest BCUT2D eigenvalue weighted by Crippen LogP contribution is 2.12. The molecule has 0 radical (unpaired) electrons. The molecule has 30 heavy (non-hydrogen) atoms. The number of anilines is 1. The second kappa shape index (κ2) is 11.7. The molecule has 1 aliphatic heterocycles. The van der Waals surface area contributed by atoms with Crippen LogP contribution in [0.25, 0.3) is 0 Å². The number of carbonyl (C=O) groups excluding carboxylic acids is 1. The second-order valence-electron chi connectivity index (χ2n) is 6.94. The molecule has 1 aliphatic rings. The largest absolute Gasteiger partial charge is 0.473 e. The maximum atomic E-state index is 12.4. The van der Waals surface area contributed by atoms with Gasteiger partial charge in [0.2, 0.25) is 5.91 Å². The number of rotatable bonds is 5. The number of amides is 1. The third-order valence-corrected chi connectivity index (χ3v) is 4.81. The summed E-state index contributed by atoms with van der Waals surface area (Å²) in [5, 5.41) is 17.8. The summed E-state index contributed by atoms with van der Waals surface area (Å²) in [6, 6.07) is 20.1. The molecule has 3 N–H and O–H groups in total. The first-order valence-electron chi connectivity index (χ1n) is 9.69. The van der Waals surface area contributed by atoms with Crippen molar-refractivity contribution < 1.29 is 24.6 Å². The van der Waals surface area contributed by atoms with E-state index in [-0.39, 0.29) is 11.9 Å². The Labute approximate surface area is 175 Å². The fourth-order valence-electron chi connectivity index (χ4n) is 3.08. The van der Waals surface area contributed by atoms with Crippen molar-refractivity contribution >= 4 is 23.5 Å². The lowest BCUT2D eigenvalue weighted by Crippen LogP contribution is -2.52. The van der Waals surface area contributed by atoms with Crippen LogP contribution < -0.4 is 5.32 Å². The number of hydrogen-bond acceptors (Lipinski definition) is 5. The molecule has 1 atom stereocenters. The predicted molar refractivity (Wildman–Crippen MR) is 113 cm³/mol. The van der Waals surface area contributed by atoms with Crippen molar-refractivity contribution in [2.75, 3.05) is 31.5 Å². The van der Waals surface area contributed by atoms with Crippen LogP contribution in [0, 0.1) is 0 Å². The summed E-state index contributed by atoms with van der Waals surface area (Å²) >= 11 is 0. The van der Waals surface area contributed by atoms with Gasteiger partial charge >= 0.3 is 11.9 Å². The smallest absolute Gasteiger partial charge is 0.414 e. The van der Waals surface area contributed by atoms with Crippen LogP contribution in [0.1, 0.15) is 12.5 Å². The van der Waals surface area contributed by atoms with Crippen molar-refractivity contribution in [3.8, 4) is 0 Å². The molecule has 2 aromatic rings. The molecular weight excluding hydrogens is 386 g/mol. The summed E-state index contributed by atoms with van der Waals surface area (Å²) in [5.74, 6) is -3.58. The molecule has 160 valence electrons. The van der Waals surface area contributed by atoms with Crippen LogP contribution in [0.2, 0.25) is 0 Å². The first-order chi connectivity index (χ1) is 14.4. The van der Waals surface area contributed by atoms with Gasteiger partial charge in [-0.05, 0) is 24.6 Å². The fourth-order valence-corrected chi connectivity index (χ4v) is 3.08. The lowest BCUT2D eigenvalue weighted by molar-refractivity contribution is -0.159. The highest BCUT2D eigenvalue weighted by Gasteiger charge is 2.25. The highest BCUT2D eigenvalue weighted by molar-refractivity contribution is 6.27. The predicted octanol–water partition coefficient (Wildman–Crippen LogP) is 1.99. The zero-order valence-corrected chi connectivity index (χ0v) is 16.9. The van der Waals surface area contributed by atoms with Crippen LogP contribution in [-0.4, -0.2) is 70.1 Å². The Morgan fingerprint density at radius 1 is 0.867 bits per heavy atom. The third kappa shape index (κ3) is 7.65. The lowest BCUT2D eigenvalue weighted by Gasteiger charge is -2.37. The number of nitrogens with zero attached hydrogens (tertiary/aromatic N) is 2. The van der Waals surface area contributed by atoms with Gasteiger partial charge in [0, 0.05) is 38.4 Å². The molecule has 0 saturated carbocycles. The van der Waals surface area contributed by atoms with E-state index < -0.39 is 11.9 Å². The third-order valence-electron chi connectivity index (χ3n) is 4.81. The van der Waals surface area contributed by atoms with Gasteiger partial charge in [-0.3, -0.25) is 14.6 Å². The maximum Gasteiger partial charge on any atom is 0.414 e. The molecule has 0 bridgehead atoms. The maximum absolute atomic E-state index is 12.4. The SMILES string of the molecule is CC(C(=O)Nc1ccccc1)N1CCN(Cc2ccccc2)CC1.O=C(O)C(=O)O. The number of benzene rings is 2. The second-order valence-corrected chi connectivity index (χ2v) is 6.94. The van der Waals surface area contributed by atoms with Gasteiger partial charge in [-0.25, -0.2) is 9.59 Å². The van der Waals surface area contributed by atoms with Crippen molar-refractivity contribution in [3.05, 3.63) is 66.2 Å². The average Bonchev–Trinajstić information content (AvgIpc) is 2.75. The van der Waals surface area contributed by atoms with Gasteiger partial charge in [0.25, 0.3) is 0 Å². The topological polar surface area (TPSA) is 110 Å². The number of carboxylic acids is 2. The van der Waals surface area contributed by atoms with Crippen LogP contribution in [0.4, 0.5) is 5.69 Å². The molecule has 1 heterocycles. The minimum absolute atomic E-state index is 0.0673. The van der Waals surface area contributed by atoms with Gasteiger partial charge in [-0.2, -0.15) is 0 Å². The zero-order valence-electron chi connectivity index (χ0n) is 16.9. The van der Waals surface area contributed by atoms with E-state index in [2.05, 4.69) is 45.4 Å². The summed E-state index contributed by atoms with van der Waals surface area (Å²) in [6.45, 7) is 6.83. The molecule has 8 heteroatoms. The Kier molecular flexibility index (Phi) is 8.99. The lowest BCUT2D eigenvalue weighted by atomic mass is 10.1. The number of nitrogens with one attached hydrogen (secondary N) is 1. The molecule has 2 aromatic carbocycles. The van der Waals surface area contributed by atoms with Crippen molar-refractivity contribution in [2.24, 2.45) is 0 Å². The van der Waals surface area contributed by atoms with Crippen LogP contribution >= 0.6 is 0 Å². The molecule has 0 spiro atoms. The van der Waals surface area contributed by atoms with Crippen molar-refractivity contribution in [3.63, 3.8) is 0 Å². The number of piperazine rings is 1. The van der Waals surface area contributed by atoms with E-state index in [4.69, 9.17) is 19.8 Å². The minimum Gasteiger partial charge on any atom is -0.473 e. The van der Waals surface area contributed by atoms with Crippen LogP contribution in [0.15, 0.2) is 60.7 Å². The summed E-state index contributed by atoms with van der Waals surface area (Å²) in [5.41, 5.74) is 2.21. The van der Waals surface area contributed by atoms with Gasteiger partial charge < -0.3 is 15.5 Å². The van der Waals surface area contributed by atoms with E-state index in [1.165, 1.54) is 5.56 Å². The van der Waals surface area contributed by atoms with E-state index in [9.17, 15) is 4.79 Å². The van der Waals surface area contributed by atoms with E-state index in [1.807, 2.05) is 37.3 Å². The van der Waals surface area contributed by atoms with Crippen molar-refractivity contribution in [2.45, 2.75) is 19.5 Å². The normalized spacial score (nSPS) is 15.4. The molecule has 1 fully saturated rings. The molecular formula is C22H27N3O5. The molecule has 1 amide bonds. The molecule has 0 aliphatic carbocycles. The number of carbonyl (C=O) groups is 3. The summed E-state index contributed by atoms with van der Waals surface area (Å²) < 4.78 is 0. The molecule has 0 aromatic heterocycles. The summed E-state index contributed by atoms with van der Waals surface area (Å²) in [4.78, 5) is 35.3. The van der Waals surface area contributed by atoms with Gasteiger partial charge in [0.15, 0.2) is 0 Å². The van der Waals surface area contributed by atoms with Gasteiger partial charge in [0.05, 0.1) is 6.04 Å². The average molecular weight is 413 g/mol. The highest BCUT2D eigenvalue weighted by atomic mass is 16.4. The van der Waals surface area contributed by atoms with Crippen molar-refractivity contribution in [1.29, 1.82) is 0 Å². The monoisotopic (exact) mass is 413 g/mol. The van der Waals surface area contributed by atoms with Crippen molar-refractivity contribution in [1.82, 2.24) is 9.80 Å². The first-order valence-corrected chi connectivity index (χ1v) is 9.69. The Balaban J connectivity index is 0.000000469. The number of carboxylic acid groups (broad SMARTS) is 2. The summed E-state index contributed by atoms with van der Waals surface area (Å²) in [6.07, 6.45) is 0. The van der Waals surface area contributed by atoms with E-state index in [0.29, 0.717) is 0 Å². The van der Waals surface area contributed by atoms with Crippen LogP contribution in [0.3, 0.4) is 0 Å². The number of hydrogen-bond donors (Lipinski definition) is 3. The van der Waals surface area contributed by atoms with E-state index in [1.54, 1.807) is 0 Å². The Hall–Kier alpha value is -3.23. The number of aliphatic carboxylic acids is 2. The quantitative estimate of drug-likeness (QED) is 0.643. The Bertz CT molecular complexity index is 809.